The largest absolute Gasteiger partial charge is 0.445 e. The molecule has 0 aliphatic carbocycles. The zero-order valence-electron chi connectivity index (χ0n) is 19.5. The van der Waals surface area contributed by atoms with Gasteiger partial charge in [-0.25, -0.2) is 9.78 Å². The Kier molecular flexibility index (Phi) is 8.08. The summed E-state index contributed by atoms with van der Waals surface area (Å²) in [6.07, 6.45) is -0.654. The first-order chi connectivity index (χ1) is 17.0. The molecule has 35 heavy (non-hydrogen) atoms. The quantitative estimate of drug-likeness (QED) is 0.454. The Morgan fingerprint density at radius 1 is 1.00 bits per heavy atom. The number of carbonyl (C=O) groups excluding carboxylic acids is 2. The highest BCUT2D eigenvalue weighted by atomic mass is 16.5. The molecule has 0 saturated carbocycles. The maximum absolute atomic E-state index is 12.2. The highest BCUT2D eigenvalue weighted by Gasteiger charge is 2.14. The van der Waals surface area contributed by atoms with Crippen molar-refractivity contribution in [1.82, 2.24) is 15.3 Å². The fourth-order valence-corrected chi connectivity index (χ4v) is 3.46. The summed E-state index contributed by atoms with van der Waals surface area (Å²) in [5, 5.41) is 8.38. The van der Waals surface area contributed by atoms with Crippen LogP contribution in [0, 0.1) is 6.92 Å². The minimum atomic E-state index is -0.654. The number of alkyl carbamates (subject to hydrolysis) is 1. The van der Waals surface area contributed by atoms with Gasteiger partial charge in [0.05, 0.1) is 13.2 Å². The third-order valence-corrected chi connectivity index (χ3v) is 5.21. The molecule has 2 aromatic carbocycles. The molecule has 2 amide bonds. The Labute approximate surface area is 203 Å². The van der Waals surface area contributed by atoms with Crippen LogP contribution in [-0.4, -0.2) is 54.8 Å². The fourth-order valence-electron chi connectivity index (χ4n) is 3.46. The molecule has 1 aliphatic heterocycles. The van der Waals surface area contributed by atoms with Gasteiger partial charge in [0.2, 0.25) is 11.9 Å². The molecule has 182 valence electrons. The molecule has 10 nitrogen and oxygen atoms in total. The molecule has 0 bridgehead atoms. The van der Waals surface area contributed by atoms with Crippen LogP contribution in [0.3, 0.4) is 0 Å². The predicted molar refractivity (Wildman–Crippen MR) is 133 cm³/mol. The van der Waals surface area contributed by atoms with E-state index in [0.29, 0.717) is 24.8 Å². The van der Waals surface area contributed by atoms with Gasteiger partial charge in [0.15, 0.2) is 0 Å². The Hall–Kier alpha value is -4.18. The Bertz CT molecular complexity index is 1130. The second-order valence-corrected chi connectivity index (χ2v) is 7.96. The van der Waals surface area contributed by atoms with Crippen molar-refractivity contribution in [2.45, 2.75) is 13.5 Å². The molecule has 0 atom stereocenters. The number of morpholine rings is 1. The van der Waals surface area contributed by atoms with Crippen molar-refractivity contribution in [1.29, 1.82) is 0 Å². The molecule has 4 rings (SSSR count). The van der Waals surface area contributed by atoms with Crippen molar-refractivity contribution in [3.63, 3.8) is 0 Å². The molecule has 3 aromatic rings. The van der Waals surface area contributed by atoms with Crippen molar-refractivity contribution >= 4 is 35.1 Å². The van der Waals surface area contributed by atoms with Gasteiger partial charge in [0, 0.05) is 36.2 Å². The summed E-state index contributed by atoms with van der Waals surface area (Å²) in [6.45, 7) is 4.83. The molecule has 1 fully saturated rings. The molecule has 0 unspecified atom stereocenters. The molecule has 1 aromatic heterocycles. The number of anilines is 4. The third-order valence-electron chi connectivity index (χ3n) is 5.21. The number of nitrogens with one attached hydrogen (secondary N) is 3. The van der Waals surface area contributed by atoms with E-state index in [1.807, 2.05) is 55.5 Å². The first-order valence-corrected chi connectivity index (χ1v) is 11.3. The summed E-state index contributed by atoms with van der Waals surface area (Å²) < 4.78 is 10.5. The van der Waals surface area contributed by atoms with E-state index in [4.69, 9.17) is 9.47 Å². The highest BCUT2D eigenvalue weighted by molar-refractivity contribution is 5.94. The average Bonchev–Trinajstić information content (AvgIpc) is 2.88. The fraction of sp³-hybridized carbons (Fsp3) is 0.280. The van der Waals surface area contributed by atoms with Crippen LogP contribution in [0.5, 0.6) is 0 Å². The second-order valence-electron chi connectivity index (χ2n) is 7.96. The molecular weight excluding hydrogens is 448 g/mol. The molecule has 3 N–H and O–H groups in total. The minimum absolute atomic E-state index is 0.140. The number of benzene rings is 2. The maximum Gasteiger partial charge on any atom is 0.407 e. The van der Waals surface area contributed by atoms with Crippen LogP contribution in [-0.2, 0) is 20.9 Å². The van der Waals surface area contributed by atoms with Gasteiger partial charge in [-0.1, -0.05) is 30.3 Å². The van der Waals surface area contributed by atoms with E-state index in [9.17, 15) is 9.59 Å². The standard InChI is InChI=1S/C25H28N6O4/c1-18-15-22(31-11-13-34-14-12-31)30-24(27-18)29-21-9-7-20(8-10-21)28-23(32)16-26-25(33)35-17-19-5-3-2-4-6-19/h2-10,15H,11-14,16-17H2,1H3,(H,26,33)(H,28,32)(H,27,29,30). The smallest absolute Gasteiger partial charge is 0.407 e. The van der Waals surface area contributed by atoms with Gasteiger partial charge in [0.1, 0.15) is 19.0 Å². The first kappa shape index (κ1) is 24.0. The number of ether oxygens (including phenoxy) is 2. The van der Waals surface area contributed by atoms with E-state index in [1.54, 1.807) is 12.1 Å². The Morgan fingerprint density at radius 3 is 2.46 bits per heavy atom. The number of hydrogen-bond donors (Lipinski definition) is 3. The highest BCUT2D eigenvalue weighted by Crippen LogP contribution is 2.20. The Balaban J connectivity index is 1.24. The van der Waals surface area contributed by atoms with E-state index in [0.717, 1.165) is 35.9 Å². The van der Waals surface area contributed by atoms with Crippen LogP contribution < -0.4 is 20.9 Å². The number of nitrogens with zero attached hydrogens (tertiary/aromatic N) is 3. The zero-order chi connectivity index (χ0) is 24.5. The monoisotopic (exact) mass is 476 g/mol. The molecule has 0 radical (unpaired) electrons. The lowest BCUT2D eigenvalue weighted by atomic mass is 10.2. The van der Waals surface area contributed by atoms with Gasteiger partial charge >= 0.3 is 6.09 Å². The number of amides is 2. The maximum atomic E-state index is 12.2. The van der Waals surface area contributed by atoms with Crippen LogP contribution in [0.15, 0.2) is 60.7 Å². The lowest BCUT2D eigenvalue weighted by Gasteiger charge is -2.28. The lowest BCUT2D eigenvalue weighted by molar-refractivity contribution is -0.115. The van der Waals surface area contributed by atoms with Crippen LogP contribution in [0.25, 0.3) is 0 Å². The number of rotatable bonds is 8. The average molecular weight is 477 g/mol. The van der Waals surface area contributed by atoms with Crippen molar-refractivity contribution in [3.05, 3.63) is 71.9 Å². The van der Waals surface area contributed by atoms with Gasteiger partial charge in [-0.3, -0.25) is 4.79 Å². The van der Waals surface area contributed by atoms with Gasteiger partial charge in [-0.2, -0.15) is 4.98 Å². The van der Waals surface area contributed by atoms with E-state index in [1.165, 1.54) is 0 Å². The SMILES string of the molecule is Cc1cc(N2CCOCC2)nc(Nc2ccc(NC(=O)CNC(=O)OCc3ccccc3)cc2)n1. The normalized spacial score (nSPS) is 13.1. The number of aryl methyl sites for hydroxylation is 1. The molecule has 1 aliphatic rings. The van der Waals surface area contributed by atoms with Crippen LogP contribution in [0.2, 0.25) is 0 Å². The van der Waals surface area contributed by atoms with Crippen molar-refractivity contribution in [2.75, 3.05) is 48.4 Å². The summed E-state index contributed by atoms with van der Waals surface area (Å²) in [4.78, 5) is 35.2. The summed E-state index contributed by atoms with van der Waals surface area (Å²) in [6, 6.07) is 18.4. The van der Waals surface area contributed by atoms with Gasteiger partial charge in [-0.05, 0) is 36.8 Å². The summed E-state index contributed by atoms with van der Waals surface area (Å²) in [5.74, 6) is 1.00. The van der Waals surface area contributed by atoms with Crippen molar-refractivity contribution < 1.29 is 19.1 Å². The van der Waals surface area contributed by atoms with Crippen LogP contribution in [0.1, 0.15) is 11.3 Å². The summed E-state index contributed by atoms with van der Waals surface area (Å²) >= 11 is 0. The number of hydrogen-bond acceptors (Lipinski definition) is 8. The van der Waals surface area contributed by atoms with E-state index in [2.05, 4.69) is 30.8 Å². The third kappa shape index (κ3) is 7.41. The summed E-state index contributed by atoms with van der Waals surface area (Å²) in [7, 11) is 0. The van der Waals surface area contributed by atoms with Crippen LogP contribution in [0.4, 0.5) is 27.9 Å². The van der Waals surface area contributed by atoms with E-state index >= 15 is 0 Å². The first-order valence-electron chi connectivity index (χ1n) is 11.3. The van der Waals surface area contributed by atoms with Crippen molar-refractivity contribution in [3.8, 4) is 0 Å². The Morgan fingerprint density at radius 2 is 1.71 bits per heavy atom. The molecular formula is C25H28N6O4. The topological polar surface area (TPSA) is 118 Å². The van der Waals surface area contributed by atoms with Gasteiger partial charge in [0.25, 0.3) is 0 Å². The number of aromatic nitrogens is 2. The van der Waals surface area contributed by atoms with Crippen LogP contribution >= 0.6 is 0 Å². The second kappa shape index (κ2) is 11.8. The van der Waals surface area contributed by atoms with Gasteiger partial charge in [-0.15, -0.1) is 0 Å². The molecule has 0 spiro atoms. The van der Waals surface area contributed by atoms with Gasteiger partial charge < -0.3 is 30.3 Å². The predicted octanol–water partition coefficient (Wildman–Crippen LogP) is 3.23. The molecule has 2 heterocycles. The lowest BCUT2D eigenvalue weighted by Crippen LogP contribution is -2.36. The van der Waals surface area contributed by atoms with E-state index in [-0.39, 0.29) is 19.1 Å². The molecule has 1 saturated heterocycles. The summed E-state index contributed by atoms with van der Waals surface area (Å²) in [5.41, 5.74) is 3.11. The number of carbonyl (C=O) groups is 2. The minimum Gasteiger partial charge on any atom is -0.445 e. The zero-order valence-corrected chi connectivity index (χ0v) is 19.5. The van der Waals surface area contributed by atoms with Crippen molar-refractivity contribution in [2.24, 2.45) is 0 Å². The molecule has 10 heteroatoms. The van der Waals surface area contributed by atoms with E-state index < -0.39 is 6.09 Å².